The van der Waals surface area contributed by atoms with Gasteiger partial charge in [0.2, 0.25) is 0 Å². The predicted molar refractivity (Wildman–Crippen MR) is 115 cm³/mol. The Bertz CT molecular complexity index is 306. The number of hydrogen-bond acceptors (Lipinski definition) is 2. The molecule has 0 bridgehead atoms. The summed E-state index contributed by atoms with van der Waals surface area (Å²) in [7, 11) is 1.89. The van der Waals surface area contributed by atoms with Gasteiger partial charge in [-0.15, -0.1) is 0 Å². The second-order valence-electron chi connectivity index (χ2n) is 7.65. The van der Waals surface area contributed by atoms with Crippen LogP contribution in [0.1, 0.15) is 91.9 Å². The Morgan fingerprint density at radius 2 is 1.32 bits per heavy atom. The van der Waals surface area contributed by atoms with E-state index in [-0.39, 0.29) is 12.7 Å². The molecule has 0 aromatic carbocycles. The third kappa shape index (κ3) is 9.81. The first kappa shape index (κ1) is 25.5. The summed E-state index contributed by atoms with van der Waals surface area (Å²) in [6, 6.07) is 0. The van der Waals surface area contributed by atoms with Crippen molar-refractivity contribution in [2.24, 2.45) is 0 Å². The molecule has 0 radical (unpaired) electrons. The summed E-state index contributed by atoms with van der Waals surface area (Å²) in [6.45, 7) is 9.41. The van der Waals surface area contributed by atoms with Crippen LogP contribution in [0.2, 0.25) is 13.3 Å². The van der Waals surface area contributed by atoms with Crippen LogP contribution in [0.4, 0.5) is 0 Å². The van der Waals surface area contributed by atoms with Gasteiger partial charge in [-0.25, -0.2) is 0 Å². The van der Waals surface area contributed by atoms with E-state index in [2.05, 4.69) is 33.8 Å². The molecule has 0 fully saturated rings. The van der Waals surface area contributed by atoms with Crippen molar-refractivity contribution in [3.63, 3.8) is 0 Å². The molecule has 150 valence electrons. The van der Waals surface area contributed by atoms with Crippen molar-refractivity contribution in [2.75, 3.05) is 13.7 Å². The first-order valence-corrected chi connectivity index (χ1v) is 18.5. The van der Waals surface area contributed by atoms with Gasteiger partial charge in [-0.2, -0.15) is 0 Å². The van der Waals surface area contributed by atoms with Crippen molar-refractivity contribution in [3.8, 4) is 0 Å². The van der Waals surface area contributed by atoms with Crippen LogP contribution in [-0.2, 0) is 4.74 Å². The first-order valence-electron chi connectivity index (χ1n) is 11.0. The summed E-state index contributed by atoms with van der Waals surface area (Å²) in [4.78, 5) is 0. The van der Waals surface area contributed by atoms with Crippen LogP contribution in [-0.4, -0.2) is 43.3 Å². The summed E-state index contributed by atoms with van der Waals surface area (Å²) >= 11 is -2.50. The summed E-state index contributed by atoms with van der Waals surface area (Å²) in [5.74, 6) is 0. The van der Waals surface area contributed by atoms with Gasteiger partial charge >= 0.3 is 163 Å². The van der Waals surface area contributed by atoms with Gasteiger partial charge in [0.1, 0.15) is 0 Å². The standard InChI is InChI=1S/C10H19O2.3C4H9.Sn/c1-3-4-5-7-10(12-2)8-6-9-11;3*1-3-4-2;/h6,10-11H,3-5,7,9H2,1-2H3;3*1,3-4H2,2H3;. The quantitative estimate of drug-likeness (QED) is 0.189. The van der Waals surface area contributed by atoms with E-state index in [4.69, 9.17) is 4.74 Å². The Hall–Kier alpha value is 0.459. The molecule has 0 amide bonds. The van der Waals surface area contributed by atoms with Crippen molar-refractivity contribution >= 4 is 18.4 Å². The predicted octanol–water partition coefficient (Wildman–Crippen LogP) is 6.89. The maximum atomic E-state index is 9.79. The second-order valence-corrected chi connectivity index (χ2v) is 20.9. The third-order valence-electron chi connectivity index (χ3n) is 5.65. The van der Waals surface area contributed by atoms with E-state index in [9.17, 15) is 5.11 Å². The van der Waals surface area contributed by atoms with Gasteiger partial charge in [0, 0.05) is 0 Å². The van der Waals surface area contributed by atoms with Gasteiger partial charge in [-0.05, 0) is 0 Å². The molecule has 1 unspecified atom stereocenters. The van der Waals surface area contributed by atoms with Crippen molar-refractivity contribution in [1.29, 1.82) is 0 Å². The molecule has 3 heteroatoms. The van der Waals surface area contributed by atoms with Crippen LogP contribution in [0, 0.1) is 0 Å². The zero-order valence-electron chi connectivity index (χ0n) is 17.9. The van der Waals surface area contributed by atoms with Crippen molar-refractivity contribution in [3.05, 3.63) is 9.67 Å². The zero-order valence-corrected chi connectivity index (χ0v) is 20.8. The van der Waals surface area contributed by atoms with Gasteiger partial charge in [0.05, 0.1) is 0 Å². The molecule has 0 aliphatic carbocycles. The Balaban J connectivity index is 5.63. The monoisotopic (exact) mass is 462 g/mol. The van der Waals surface area contributed by atoms with Crippen LogP contribution in [0.5, 0.6) is 0 Å². The van der Waals surface area contributed by atoms with Gasteiger partial charge < -0.3 is 0 Å². The van der Waals surface area contributed by atoms with Crippen molar-refractivity contribution < 1.29 is 9.84 Å². The molecule has 0 aliphatic heterocycles. The summed E-state index contributed by atoms with van der Waals surface area (Å²) in [5.41, 5.74) is 0. The van der Waals surface area contributed by atoms with Gasteiger partial charge in [0.25, 0.3) is 0 Å². The SMILES string of the molecule is CCCCCC(OC)/[C](=C\CO)[Sn]([CH2]CCC)([CH2]CCC)[CH2]CCC. The second kappa shape index (κ2) is 16.6. The van der Waals surface area contributed by atoms with Crippen LogP contribution in [0.25, 0.3) is 0 Å². The number of hydrogen-bond donors (Lipinski definition) is 1. The van der Waals surface area contributed by atoms with Crippen molar-refractivity contribution in [1.82, 2.24) is 0 Å². The summed E-state index contributed by atoms with van der Waals surface area (Å²) in [5, 5.41) is 9.79. The normalized spacial score (nSPS) is 14.1. The van der Waals surface area contributed by atoms with Crippen LogP contribution in [0.3, 0.4) is 0 Å². The van der Waals surface area contributed by atoms with Crippen LogP contribution in [0.15, 0.2) is 9.67 Å². The van der Waals surface area contributed by atoms with E-state index < -0.39 is 18.4 Å². The average Bonchev–Trinajstić information content (AvgIpc) is 2.64. The van der Waals surface area contributed by atoms with Crippen LogP contribution >= 0.6 is 0 Å². The van der Waals surface area contributed by atoms with Gasteiger partial charge in [-0.3, -0.25) is 0 Å². The topological polar surface area (TPSA) is 29.5 Å². The van der Waals surface area contributed by atoms with E-state index in [0.717, 1.165) is 6.42 Å². The number of methoxy groups -OCH3 is 1. The Kier molecular flexibility index (Phi) is 16.9. The molecule has 0 aromatic heterocycles. The number of rotatable bonds is 17. The Labute approximate surface area is 162 Å². The van der Waals surface area contributed by atoms with Gasteiger partial charge in [-0.1, -0.05) is 0 Å². The zero-order chi connectivity index (χ0) is 19.0. The number of aliphatic hydroxyl groups excluding tert-OH is 1. The van der Waals surface area contributed by atoms with E-state index in [1.54, 1.807) is 3.59 Å². The molecule has 0 aromatic rings. The minimum atomic E-state index is -2.50. The number of unbranched alkanes of at least 4 members (excludes halogenated alkanes) is 5. The fourth-order valence-corrected chi connectivity index (χ4v) is 21.7. The number of ether oxygens (including phenoxy) is 1. The molecule has 0 saturated carbocycles. The molecular weight excluding hydrogens is 415 g/mol. The summed E-state index contributed by atoms with van der Waals surface area (Å²) in [6.07, 6.45) is 15.3. The van der Waals surface area contributed by atoms with Crippen LogP contribution < -0.4 is 0 Å². The Morgan fingerprint density at radius 1 is 0.840 bits per heavy atom. The van der Waals surface area contributed by atoms with Gasteiger partial charge in [0.15, 0.2) is 0 Å². The van der Waals surface area contributed by atoms with Crippen molar-refractivity contribution in [2.45, 2.75) is 111 Å². The molecular formula is C22H46O2Sn. The van der Waals surface area contributed by atoms with E-state index in [0.29, 0.717) is 0 Å². The molecule has 0 saturated heterocycles. The Morgan fingerprint density at radius 3 is 1.68 bits per heavy atom. The molecule has 0 spiro atoms. The molecule has 2 nitrogen and oxygen atoms in total. The number of aliphatic hydroxyl groups is 1. The molecule has 1 N–H and O–H groups in total. The molecule has 1 atom stereocenters. The average molecular weight is 461 g/mol. The maximum absolute atomic E-state index is 9.79. The third-order valence-corrected chi connectivity index (χ3v) is 21.9. The van der Waals surface area contributed by atoms with E-state index >= 15 is 0 Å². The van der Waals surface area contributed by atoms with E-state index in [1.165, 1.54) is 71.1 Å². The fraction of sp³-hybridized carbons (Fsp3) is 0.909. The molecule has 0 heterocycles. The van der Waals surface area contributed by atoms with E-state index in [1.807, 2.05) is 7.11 Å². The fourth-order valence-electron chi connectivity index (χ4n) is 4.12. The molecule has 0 rings (SSSR count). The molecule has 0 aliphatic rings. The first-order chi connectivity index (χ1) is 12.2. The molecule has 25 heavy (non-hydrogen) atoms. The summed E-state index contributed by atoms with van der Waals surface area (Å²) < 4.78 is 12.0. The minimum absolute atomic E-state index is 0.187.